The number of aliphatic hydroxyl groups is 1. The van der Waals surface area contributed by atoms with E-state index in [2.05, 4.69) is 38.4 Å². The molecular weight excluding hydrogens is 599 g/mol. The Balaban J connectivity index is 0.000000345. The minimum Gasteiger partial charge on any atom is -0.481 e. The largest absolute Gasteiger partial charge is 0.481 e. The number of amides is 1. The molecule has 0 bridgehead atoms. The lowest BCUT2D eigenvalue weighted by molar-refractivity contribution is -0.170. The highest BCUT2D eigenvalue weighted by molar-refractivity contribution is 7.03. The third kappa shape index (κ3) is 10.3. The van der Waals surface area contributed by atoms with Crippen molar-refractivity contribution < 1.29 is 44.0 Å². The van der Waals surface area contributed by atoms with Gasteiger partial charge in [-0.25, -0.2) is 9.18 Å². The molecule has 2 aliphatic heterocycles. The minimum atomic E-state index is -2.74. The Kier molecular flexibility index (Phi) is 12.7. The Hall–Kier alpha value is -3.57. The number of likely N-dealkylation sites (tertiary alicyclic amines) is 1. The first-order valence-electron chi connectivity index (χ1n) is 14.1. The lowest BCUT2D eigenvalue weighted by Crippen LogP contribution is -2.52. The molecule has 0 spiro atoms. The van der Waals surface area contributed by atoms with Crippen LogP contribution in [0.15, 0.2) is 29.6 Å². The van der Waals surface area contributed by atoms with Gasteiger partial charge in [-0.2, -0.15) is 0 Å². The van der Waals surface area contributed by atoms with Gasteiger partial charge in [-0.05, 0) is 43.3 Å². The van der Waals surface area contributed by atoms with E-state index in [1.165, 1.54) is 23.7 Å². The van der Waals surface area contributed by atoms with Crippen LogP contribution in [0.3, 0.4) is 0 Å². The number of hydrogen-bond donors (Lipinski definition) is 4. The Morgan fingerprint density at radius 2 is 1.55 bits per heavy atom. The molecule has 2 atom stereocenters. The Morgan fingerprint density at radius 1 is 0.955 bits per heavy atom. The predicted octanol–water partition coefficient (Wildman–Crippen LogP) is 0.318. The molecule has 1 aromatic carbocycles. The summed E-state index contributed by atoms with van der Waals surface area (Å²) in [6, 6.07) is 6.72. The molecule has 2 fully saturated rings. The summed E-state index contributed by atoms with van der Waals surface area (Å²) in [7, 11) is 4.17. The standard InChI is InChI=1S/C22H31FN6OS.C6H8O7/c1-26(2)7-8-27-9-11-29(12-10-27)22(30)15-28-13-19(17-3-5-18(23)6-4-17)20(14-28)21-16-31-25-24-21;7-3(8)1-6(13,5(11)12)2-4(9)10/h3-6,16,19-20H,7-15H2,1-2H3;13H,1-2H2,(H,7,8)(H,9,10)(H,11,12)/t19-,20+;/m1./s1. The minimum absolute atomic E-state index is 0.167. The third-order valence-corrected chi connectivity index (χ3v) is 8.21. The van der Waals surface area contributed by atoms with Gasteiger partial charge < -0.3 is 30.2 Å². The number of benzene rings is 1. The van der Waals surface area contributed by atoms with E-state index in [0.29, 0.717) is 6.54 Å². The molecule has 4 rings (SSSR count). The lowest BCUT2D eigenvalue weighted by atomic mass is 9.87. The van der Waals surface area contributed by atoms with E-state index in [9.17, 15) is 23.6 Å². The van der Waals surface area contributed by atoms with E-state index < -0.39 is 36.4 Å². The number of piperazine rings is 1. The molecule has 0 radical (unpaired) electrons. The van der Waals surface area contributed by atoms with Gasteiger partial charge in [-0.1, -0.05) is 16.6 Å². The molecule has 14 nitrogen and oxygen atoms in total. The number of aliphatic carboxylic acids is 3. The number of nitrogens with zero attached hydrogens (tertiary/aromatic N) is 6. The highest BCUT2D eigenvalue weighted by Crippen LogP contribution is 2.39. The molecule has 44 heavy (non-hydrogen) atoms. The Morgan fingerprint density at radius 3 is 2.05 bits per heavy atom. The number of hydrogen-bond acceptors (Lipinski definition) is 11. The molecule has 16 heteroatoms. The molecule has 1 amide bonds. The molecule has 0 saturated carbocycles. The van der Waals surface area contributed by atoms with Crippen LogP contribution in [0, 0.1) is 5.82 Å². The fraction of sp³-hybridized carbons (Fsp3) is 0.571. The summed E-state index contributed by atoms with van der Waals surface area (Å²) < 4.78 is 17.5. The van der Waals surface area contributed by atoms with Gasteiger partial charge in [0.25, 0.3) is 0 Å². The van der Waals surface area contributed by atoms with Gasteiger partial charge in [0.05, 0.1) is 25.1 Å². The first-order chi connectivity index (χ1) is 20.8. The van der Waals surface area contributed by atoms with Crippen molar-refractivity contribution in [3.8, 4) is 0 Å². The molecule has 0 aliphatic carbocycles. The van der Waals surface area contributed by atoms with Crippen LogP contribution in [-0.2, 0) is 19.2 Å². The summed E-state index contributed by atoms with van der Waals surface area (Å²) in [5, 5.41) is 40.1. The summed E-state index contributed by atoms with van der Waals surface area (Å²) >= 11 is 1.35. The van der Waals surface area contributed by atoms with Crippen LogP contribution in [-0.4, -0.2) is 152 Å². The fourth-order valence-corrected chi connectivity index (χ4v) is 5.78. The maximum absolute atomic E-state index is 13.4. The van der Waals surface area contributed by atoms with Gasteiger partial charge in [-0.3, -0.25) is 24.2 Å². The van der Waals surface area contributed by atoms with E-state index in [1.54, 1.807) is 0 Å². The van der Waals surface area contributed by atoms with E-state index in [-0.39, 0.29) is 23.6 Å². The highest BCUT2D eigenvalue weighted by Gasteiger charge is 2.41. The zero-order valence-electron chi connectivity index (χ0n) is 24.7. The number of carboxylic acids is 3. The Bertz CT molecular complexity index is 1240. The number of carbonyl (C=O) groups excluding carboxylic acids is 1. The van der Waals surface area contributed by atoms with Crippen LogP contribution in [0.4, 0.5) is 4.39 Å². The van der Waals surface area contributed by atoms with E-state index >= 15 is 0 Å². The number of aromatic nitrogens is 2. The van der Waals surface area contributed by atoms with Gasteiger partial charge in [-0.15, -0.1) is 5.10 Å². The molecular formula is C28H39FN6O8S. The van der Waals surface area contributed by atoms with E-state index in [0.717, 1.165) is 63.6 Å². The number of rotatable bonds is 12. The maximum atomic E-state index is 13.4. The number of likely N-dealkylation sites (N-methyl/N-ethyl adjacent to an activating group) is 1. The average Bonchev–Trinajstić information content (AvgIpc) is 3.62. The van der Waals surface area contributed by atoms with Gasteiger partial charge in [0.2, 0.25) is 5.91 Å². The van der Waals surface area contributed by atoms with Crippen LogP contribution in [0.1, 0.15) is 35.9 Å². The van der Waals surface area contributed by atoms with E-state index in [1.807, 2.05) is 22.4 Å². The molecule has 4 N–H and O–H groups in total. The summed E-state index contributed by atoms with van der Waals surface area (Å²) in [6.45, 7) is 7.49. The van der Waals surface area contributed by atoms with Crippen LogP contribution in [0.25, 0.3) is 0 Å². The molecule has 3 heterocycles. The van der Waals surface area contributed by atoms with Crippen molar-refractivity contribution in [2.45, 2.75) is 30.3 Å². The average molecular weight is 639 g/mol. The molecule has 2 aliphatic rings. The van der Waals surface area contributed by atoms with Crippen molar-refractivity contribution in [3.63, 3.8) is 0 Å². The van der Waals surface area contributed by atoms with Gasteiger partial charge in [0, 0.05) is 69.6 Å². The van der Waals surface area contributed by atoms with Gasteiger partial charge >= 0.3 is 17.9 Å². The second-order valence-corrected chi connectivity index (χ2v) is 11.9. The predicted molar refractivity (Wildman–Crippen MR) is 157 cm³/mol. The molecule has 2 aromatic rings. The van der Waals surface area contributed by atoms with Crippen molar-refractivity contribution in [3.05, 3.63) is 46.7 Å². The highest BCUT2D eigenvalue weighted by atomic mass is 32.1. The topological polar surface area (TPSA) is 188 Å². The number of carbonyl (C=O) groups is 4. The van der Waals surface area contributed by atoms with Crippen LogP contribution in [0.2, 0.25) is 0 Å². The van der Waals surface area contributed by atoms with E-state index in [4.69, 9.17) is 20.4 Å². The smallest absolute Gasteiger partial charge is 0.336 e. The summed E-state index contributed by atoms with van der Waals surface area (Å²) in [5.41, 5.74) is -0.690. The lowest BCUT2D eigenvalue weighted by Gasteiger charge is -2.36. The van der Waals surface area contributed by atoms with Crippen LogP contribution in [0.5, 0.6) is 0 Å². The van der Waals surface area contributed by atoms with Crippen LogP contribution >= 0.6 is 11.5 Å². The van der Waals surface area contributed by atoms with Crippen molar-refractivity contribution in [1.29, 1.82) is 0 Å². The molecule has 1 aromatic heterocycles. The SMILES string of the molecule is CN(C)CCN1CCN(C(=O)CN2C[C@H](c3ccc(F)cc3)[C@@H](c3csnn3)C2)CC1.O=C(O)CC(O)(CC(=O)O)C(=O)O. The zero-order valence-corrected chi connectivity index (χ0v) is 25.5. The number of halogens is 1. The zero-order chi connectivity index (χ0) is 32.4. The maximum Gasteiger partial charge on any atom is 0.336 e. The monoisotopic (exact) mass is 638 g/mol. The molecule has 242 valence electrons. The first-order valence-corrected chi connectivity index (χ1v) is 14.9. The van der Waals surface area contributed by atoms with Gasteiger partial charge in [0.15, 0.2) is 5.60 Å². The first kappa shape index (κ1) is 34.9. The van der Waals surface area contributed by atoms with Gasteiger partial charge in [0.1, 0.15) is 5.82 Å². The summed E-state index contributed by atoms with van der Waals surface area (Å²) in [4.78, 5) is 52.3. The van der Waals surface area contributed by atoms with Crippen molar-refractivity contribution in [2.75, 3.05) is 73.0 Å². The van der Waals surface area contributed by atoms with Crippen LogP contribution < -0.4 is 0 Å². The third-order valence-electron chi connectivity index (χ3n) is 7.68. The van der Waals surface area contributed by atoms with Crippen molar-refractivity contribution in [2.24, 2.45) is 0 Å². The second-order valence-electron chi connectivity index (χ2n) is 11.3. The normalized spacial score (nSPS) is 19.4. The summed E-state index contributed by atoms with van der Waals surface area (Å²) in [6.07, 6.45) is -2.29. The molecule has 2 saturated heterocycles. The second kappa shape index (κ2) is 15.9. The summed E-state index contributed by atoms with van der Waals surface area (Å²) in [5.74, 6) is -4.71. The molecule has 0 unspecified atom stereocenters. The fourth-order valence-electron chi connectivity index (χ4n) is 5.26. The van der Waals surface area contributed by atoms with Crippen molar-refractivity contribution in [1.82, 2.24) is 29.2 Å². The Labute approximate surface area is 258 Å². The van der Waals surface area contributed by atoms with Crippen molar-refractivity contribution >= 4 is 35.3 Å². The quantitative estimate of drug-likeness (QED) is 0.249. The number of carboxylic acid groups (broad SMARTS) is 3.